The summed E-state index contributed by atoms with van der Waals surface area (Å²) in [5, 5.41) is 14.4. The second-order valence-electron chi connectivity index (χ2n) is 11.6. The molecule has 2 saturated carbocycles. The van der Waals surface area contributed by atoms with Crippen LogP contribution < -0.4 is 10.2 Å². The van der Waals surface area contributed by atoms with Gasteiger partial charge in [0.2, 0.25) is 11.9 Å². The van der Waals surface area contributed by atoms with Crippen molar-refractivity contribution in [1.29, 1.82) is 0 Å². The zero-order chi connectivity index (χ0) is 29.4. The average molecular weight is 577 g/mol. The molecule has 6 heterocycles. The summed E-state index contributed by atoms with van der Waals surface area (Å²) in [5.41, 5.74) is 5.15. The highest BCUT2D eigenvalue weighted by atomic mass is 16.3. The van der Waals surface area contributed by atoms with Gasteiger partial charge in [-0.25, -0.2) is 29.7 Å². The summed E-state index contributed by atoms with van der Waals surface area (Å²) in [5.74, 6) is 1.72. The lowest BCUT2D eigenvalue weighted by Gasteiger charge is -2.17. The van der Waals surface area contributed by atoms with Gasteiger partial charge in [-0.2, -0.15) is 4.98 Å². The van der Waals surface area contributed by atoms with Crippen molar-refractivity contribution in [1.82, 2.24) is 39.2 Å². The molecule has 0 unspecified atom stereocenters. The molecule has 0 radical (unpaired) electrons. The summed E-state index contributed by atoms with van der Waals surface area (Å²) in [6.45, 7) is 2.26. The molecule has 43 heavy (non-hydrogen) atoms. The van der Waals surface area contributed by atoms with Crippen LogP contribution in [-0.4, -0.2) is 69.8 Å². The number of fused-ring (bicyclic) bond motifs is 2. The number of pyridine rings is 2. The van der Waals surface area contributed by atoms with Crippen molar-refractivity contribution < 1.29 is 14.7 Å². The quantitative estimate of drug-likeness (QED) is 0.274. The van der Waals surface area contributed by atoms with Crippen molar-refractivity contribution in [3.63, 3.8) is 0 Å². The topological polar surface area (TPSA) is 155 Å². The molecular weight excluding hydrogens is 548 g/mol. The molecule has 5 aromatic heterocycles. The highest BCUT2D eigenvalue weighted by Gasteiger charge is 2.43. The largest absolute Gasteiger partial charge is 0.507 e. The van der Waals surface area contributed by atoms with Crippen molar-refractivity contribution in [2.45, 2.75) is 50.5 Å². The number of rotatable bonds is 7. The first-order chi connectivity index (χ1) is 20.8. The van der Waals surface area contributed by atoms with Crippen molar-refractivity contribution in [3.8, 4) is 5.75 Å². The first-order valence-electron chi connectivity index (χ1n) is 14.3. The van der Waals surface area contributed by atoms with Crippen LogP contribution in [0.15, 0.2) is 43.0 Å². The van der Waals surface area contributed by atoms with E-state index in [0.29, 0.717) is 46.5 Å². The number of carbonyl (C=O) groups excluding carboxylic acids is 2. The fourth-order valence-corrected chi connectivity index (χ4v) is 5.77. The molecule has 1 aliphatic heterocycles. The van der Waals surface area contributed by atoms with Crippen LogP contribution >= 0.6 is 0 Å². The minimum absolute atomic E-state index is 0.00800. The minimum Gasteiger partial charge on any atom is -0.507 e. The Morgan fingerprint density at radius 2 is 1.91 bits per heavy atom. The number of imide groups is 1. The smallest absolute Gasteiger partial charge is 0.331 e. The predicted molar refractivity (Wildman–Crippen MR) is 156 cm³/mol. The highest BCUT2D eigenvalue weighted by Crippen LogP contribution is 2.53. The third-order valence-electron chi connectivity index (χ3n) is 8.43. The first kappa shape index (κ1) is 25.5. The molecular formula is C30H28N10O3. The third kappa shape index (κ3) is 4.47. The van der Waals surface area contributed by atoms with Gasteiger partial charge in [0.05, 0.1) is 29.0 Å². The van der Waals surface area contributed by atoms with E-state index in [2.05, 4.69) is 25.3 Å². The minimum atomic E-state index is -0.355. The Kier molecular flexibility index (Phi) is 5.58. The number of hydrogen-bond donors (Lipinski definition) is 2. The van der Waals surface area contributed by atoms with Crippen molar-refractivity contribution >= 4 is 40.3 Å². The lowest BCUT2D eigenvalue weighted by molar-refractivity contribution is -0.123. The number of nitrogens with zero attached hydrogens (tertiary/aromatic N) is 9. The molecule has 2 N–H and O–H groups in total. The number of aromatic nitrogens is 7. The number of hydrogen-bond acceptors (Lipinski definition) is 10. The van der Waals surface area contributed by atoms with Crippen molar-refractivity contribution in [3.05, 3.63) is 71.5 Å². The number of urea groups is 1. The van der Waals surface area contributed by atoms with Gasteiger partial charge in [0.25, 0.3) is 0 Å². The molecule has 1 saturated heterocycles. The van der Waals surface area contributed by atoms with E-state index >= 15 is 0 Å². The summed E-state index contributed by atoms with van der Waals surface area (Å²) in [6, 6.07) is 5.18. The summed E-state index contributed by atoms with van der Waals surface area (Å²) < 4.78 is 1.92. The van der Waals surface area contributed by atoms with E-state index in [1.807, 2.05) is 35.9 Å². The van der Waals surface area contributed by atoms with Gasteiger partial charge in [-0.15, -0.1) is 0 Å². The lowest BCUT2D eigenvalue weighted by Crippen LogP contribution is -2.30. The van der Waals surface area contributed by atoms with Gasteiger partial charge in [-0.1, -0.05) is 0 Å². The Balaban J connectivity index is 1.05. The molecule has 0 aromatic carbocycles. The molecule has 13 nitrogen and oxygen atoms in total. The normalized spacial score (nSPS) is 20.0. The van der Waals surface area contributed by atoms with E-state index in [1.165, 1.54) is 11.9 Å². The fourth-order valence-electron chi connectivity index (χ4n) is 5.77. The van der Waals surface area contributed by atoms with E-state index < -0.39 is 0 Å². The molecule has 2 atom stereocenters. The fraction of sp³-hybridized carbons (Fsp3) is 0.333. The molecule has 3 aliphatic rings. The van der Waals surface area contributed by atoms with E-state index in [0.717, 1.165) is 46.9 Å². The Bertz CT molecular complexity index is 1970. The van der Waals surface area contributed by atoms with Crippen LogP contribution in [0.3, 0.4) is 0 Å². The number of likely N-dealkylation sites (N-methyl/N-ethyl adjacent to an activating group) is 1. The maximum absolute atomic E-state index is 12.8. The van der Waals surface area contributed by atoms with Gasteiger partial charge in [0.15, 0.2) is 11.3 Å². The highest BCUT2D eigenvalue weighted by molar-refractivity contribution is 6.13. The van der Waals surface area contributed by atoms with E-state index in [9.17, 15) is 14.7 Å². The second kappa shape index (κ2) is 9.41. The van der Waals surface area contributed by atoms with Crippen LogP contribution in [0.4, 0.5) is 16.4 Å². The number of aryl methyl sites for hydroxylation is 1. The summed E-state index contributed by atoms with van der Waals surface area (Å²) in [7, 11) is 1.50. The van der Waals surface area contributed by atoms with Gasteiger partial charge >= 0.3 is 6.03 Å². The number of amides is 3. The maximum atomic E-state index is 12.8. The molecule has 5 aromatic rings. The SMILES string of the molecule is Cc1ccnc([C@H]2C[C@@H]2c2cc(O)c3cnc(NCc4cn5cc(C6CC6)cc(N6CC(=O)N(C)C6=O)c5n4)nc3n2)n1. The van der Waals surface area contributed by atoms with E-state index in [1.54, 1.807) is 18.5 Å². The number of imidazole rings is 1. The van der Waals surface area contributed by atoms with Gasteiger partial charge in [0, 0.05) is 55.4 Å². The van der Waals surface area contributed by atoms with E-state index in [4.69, 9.17) is 9.97 Å². The van der Waals surface area contributed by atoms with Crippen molar-refractivity contribution in [2.24, 2.45) is 0 Å². The van der Waals surface area contributed by atoms with Crippen LogP contribution in [-0.2, 0) is 11.3 Å². The third-order valence-corrected chi connectivity index (χ3v) is 8.43. The maximum Gasteiger partial charge on any atom is 0.331 e. The van der Waals surface area contributed by atoms with Crippen LogP contribution in [0.2, 0.25) is 0 Å². The first-order valence-corrected chi connectivity index (χ1v) is 14.3. The zero-order valence-electron chi connectivity index (χ0n) is 23.6. The van der Waals surface area contributed by atoms with Gasteiger partial charge in [0.1, 0.15) is 18.1 Å². The number of aromatic hydroxyl groups is 1. The Morgan fingerprint density at radius 1 is 1.05 bits per heavy atom. The predicted octanol–water partition coefficient (Wildman–Crippen LogP) is 3.64. The van der Waals surface area contributed by atoms with Gasteiger partial charge < -0.3 is 14.8 Å². The molecule has 0 bridgehead atoms. The van der Waals surface area contributed by atoms with Crippen LogP contribution in [0.5, 0.6) is 5.75 Å². The standard InChI is InChI=1S/C30H28N10O3/c1-15-5-6-31-26(34-15)20-8-19(20)22-9-24(41)21-11-33-29(37-27(21)36-22)32-10-18-13-39-12-17(16-3-4-16)7-23(28(39)35-18)40-14-25(42)38(2)30(40)43/h5-7,9,11-13,16,19-20H,3-4,8,10,14H2,1-2H3,(H2,32,33,36,37,41)/t19-,20-/m0/s1. The summed E-state index contributed by atoms with van der Waals surface area (Å²) in [4.78, 5) is 55.2. The molecule has 13 heteroatoms. The van der Waals surface area contributed by atoms with Crippen molar-refractivity contribution in [2.75, 3.05) is 23.8 Å². The van der Waals surface area contributed by atoms with Gasteiger partial charge in [-0.05, 0) is 49.8 Å². The van der Waals surface area contributed by atoms with Crippen LogP contribution in [0.1, 0.15) is 65.5 Å². The van der Waals surface area contributed by atoms with Gasteiger partial charge in [-0.3, -0.25) is 14.6 Å². The Labute approximate surface area is 245 Å². The molecule has 2 aliphatic carbocycles. The van der Waals surface area contributed by atoms with E-state index in [-0.39, 0.29) is 36.1 Å². The summed E-state index contributed by atoms with van der Waals surface area (Å²) >= 11 is 0. The van der Waals surface area contributed by atoms with Crippen LogP contribution in [0, 0.1) is 6.92 Å². The molecule has 216 valence electrons. The lowest BCUT2D eigenvalue weighted by atomic mass is 10.1. The average Bonchev–Trinajstić information content (AvgIpc) is 3.93. The Morgan fingerprint density at radius 3 is 2.67 bits per heavy atom. The monoisotopic (exact) mass is 576 g/mol. The molecule has 3 amide bonds. The number of anilines is 2. The van der Waals surface area contributed by atoms with Crippen LogP contribution in [0.25, 0.3) is 16.7 Å². The molecule has 8 rings (SSSR count). The number of nitrogens with one attached hydrogen (secondary N) is 1. The second-order valence-corrected chi connectivity index (χ2v) is 11.6. The Hall–Kier alpha value is -5.20. The summed E-state index contributed by atoms with van der Waals surface area (Å²) in [6.07, 6.45) is 10.4. The zero-order valence-corrected chi connectivity index (χ0v) is 23.6. The molecule has 0 spiro atoms. The number of carbonyl (C=O) groups is 2. The molecule has 3 fully saturated rings.